The van der Waals surface area contributed by atoms with E-state index in [1.807, 2.05) is 21.1 Å². The molecule has 1 N–H and O–H groups in total. The second kappa shape index (κ2) is 69.3. The molecule has 0 amide bonds. The molecule has 0 saturated heterocycles. The fraction of sp³-hybridized carbons (Fsp3) is 0.872. The highest BCUT2D eigenvalue weighted by Crippen LogP contribution is 2.43. The highest BCUT2D eigenvalue weighted by Gasteiger charge is 2.27. The first kappa shape index (κ1) is 86.0. The van der Waals surface area contributed by atoms with Crippen molar-refractivity contribution in [2.24, 2.45) is 0 Å². The summed E-state index contributed by atoms with van der Waals surface area (Å²) in [6.45, 7) is 4.40. The largest absolute Gasteiger partial charge is 0.472 e. The van der Waals surface area contributed by atoms with Gasteiger partial charge in [-0.2, -0.15) is 0 Å². The molecule has 0 saturated carbocycles. The van der Waals surface area contributed by atoms with Crippen molar-refractivity contribution < 1.29 is 42.1 Å². The first-order chi connectivity index (χ1) is 43.0. The average Bonchev–Trinajstić information content (AvgIpc) is 3.57. The zero-order valence-corrected chi connectivity index (χ0v) is 60.1. The van der Waals surface area contributed by atoms with Gasteiger partial charge in [-0.3, -0.25) is 18.6 Å². The normalized spacial score (nSPS) is 13.3. The number of allylic oxidation sites excluding steroid dienone is 8. The molecule has 0 aliphatic carbocycles. The summed E-state index contributed by atoms with van der Waals surface area (Å²) in [6.07, 6.45) is 91.1. The number of unbranched alkanes of at least 4 members (excludes halogenated alkanes) is 50. The van der Waals surface area contributed by atoms with E-state index < -0.39 is 26.5 Å². The molecule has 0 aromatic heterocycles. The van der Waals surface area contributed by atoms with Crippen LogP contribution in [-0.2, 0) is 32.7 Å². The van der Waals surface area contributed by atoms with Crippen LogP contribution in [0.3, 0.4) is 0 Å². The summed E-state index contributed by atoms with van der Waals surface area (Å²) in [5.41, 5.74) is 0. The van der Waals surface area contributed by atoms with Crippen LogP contribution in [0.2, 0.25) is 0 Å². The van der Waals surface area contributed by atoms with Crippen molar-refractivity contribution in [2.75, 3.05) is 47.5 Å². The number of phosphoric acid groups is 1. The standard InChI is InChI=1S/C78H148NO8P/c1-6-8-10-12-14-16-18-20-22-24-26-28-30-32-34-36-37-38-39-40-41-43-45-47-49-51-53-55-57-59-61-63-65-67-69-71-78(81)87-76(75-86-88(82,83)85-73-72-79(3,4)5)74-84-77(80)70-68-66-64-62-60-58-56-54-52-50-48-46-44-42-35-33-31-29-27-25-23-21-19-17-15-13-11-9-7-2/h8,10,14,16,20,22,26,28,76H,6-7,9,11-13,15,17-19,21,23-25,27,29-75H2,1-5H3/p+1/b10-8-,16-14-,22-20-,28-26-. The molecular weight excluding hydrogens is 1110 g/mol. The van der Waals surface area contributed by atoms with E-state index in [-0.39, 0.29) is 25.6 Å². The minimum atomic E-state index is -4.39. The molecule has 0 spiro atoms. The van der Waals surface area contributed by atoms with Gasteiger partial charge in [0.05, 0.1) is 27.7 Å². The molecule has 0 heterocycles. The molecule has 0 aliphatic rings. The summed E-state index contributed by atoms with van der Waals surface area (Å²) in [5.74, 6) is -0.772. The Morgan fingerprint density at radius 2 is 0.648 bits per heavy atom. The molecule has 88 heavy (non-hydrogen) atoms. The van der Waals surface area contributed by atoms with Crippen LogP contribution in [0.5, 0.6) is 0 Å². The summed E-state index contributed by atoms with van der Waals surface area (Å²) in [7, 11) is 1.50. The van der Waals surface area contributed by atoms with Crippen LogP contribution < -0.4 is 0 Å². The highest BCUT2D eigenvalue weighted by atomic mass is 31.2. The Morgan fingerprint density at radius 1 is 0.364 bits per heavy atom. The molecule has 0 bridgehead atoms. The molecule has 0 radical (unpaired) electrons. The molecule has 2 unspecified atom stereocenters. The SMILES string of the molecule is CC/C=C\C/C=C\C/C=C\C/C=C\CCCCCCCCCCCCCCCCCCCCCCCCC(=O)OC(COC(=O)CCCCCCCCCCCCCCCCCCCCCCCCCCCCCCC)COP(=O)(O)OCC[N+](C)(C)C. The van der Waals surface area contributed by atoms with E-state index in [2.05, 4.69) is 62.5 Å². The first-order valence-electron chi connectivity index (χ1n) is 38.4. The number of likely N-dealkylation sites (N-methyl/N-ethyl adjacent to an activating group) is 1. The van der Waals surface area contributed by atoms with Crippen LogP contribution in [0.15, 0.2) is 48.6 Å². The third-order valence-electron chi connectivity index (χ3n) is 17.4. The van der Waals surface area contributed by atoms with Gasteiger partial charge in [0.2, 0.25) is 0 Å². The molecule has 0 aromatic rings. The molecule has 0 rings (SSSR count). The Bertz CT molecular complexity index is 1620. The second-order valence-electron chi connectivity index (χ2n) is 27.4. The zero-order chi connectivity index (χ0) is 64.1. The van der Waals surface area contributed by atoms with Gasteiger partial charge >= 0.3 is 19.8 Å². The van der Waals surface area contributed by atoms with Crippen LogP contribution in [0.1, 0.15) is 386 Å². The van der Waals surface area contributed by atoms with Crippen molar-refractivity contribution >= 4 is 19.8 Å². The molecule has 10 heteroatoms. The number of rotatable bonds is 72. The monoisotopic (exact) mass is 1260 g/mol. The highest BCUT2D eigenvalue weighted by molar-refractivity contribution is 7.47. The number of phosphoric ester groups is 1. The molecule has 9 nitrogen and oxygen atoms in total. The predicted molar refractivity (Wildman–Crippen MR) is 381 cm³/mol. The van der Waals surface area contributed by atoms with E-state index in [9.17, 15) is 19.0 Å². The number of hydrogen-bond acceptors (Lipinski definition) is 7. The van der Waals surface area contributed by atoms with E-state index >= 15 is 0 Å². The number of quaternary nitrogens is 1. The number of nitrogens with zero attached hydrogens (tertiary/aromatic N) is 1. The Balaban J connectivity index is 3.93. The summed E-state index contributed by atoms with van der Waals surface area (Å²) in [6, 6.07) is 0. The average molecular weight is 1260 g/mol. The third-order valence-corrected chi connectivity index (χ3v) is 18.4. The van der Waals surface area contributed by atoms with Crippen LogP contribution >= 0.6 is 7.82 Å². The topological polar surface area (TPSA) is 108 Å². The lowest BCUT2D eigenvalue weighted by Gasteiger charge is -2.24. The van der Waals surface area contributed by atoms with Crippen LogP contribution in [0, 0.1) is 0 Å². The summed E-state index contributed by atoms with van der Waals surface area (Å²) >= 11 is 0. The quantitative estimate of drug-likeness (QED) is 0.0211. The van der Waals surface area contributed by atoms with Gasteiger partial charge in [0.1, 0.15) is 19.8 Å². The van der Waals surface area contributed by atoms with Gasteiger partial charge in [-0.25, -0.2) is 4.57 Å². The van der Waals surface area contributed by atoms with Gasteiger partial charge in [-0.1, -0.05) is 371 Å². The van der Waals surface area contributed by atoms with Crippen molar-refractivity contribution in [2.45, 2.75) is 392 Å². The van der Waals surface area contributed by atoms with E-state index in [0.29, 0.717) is 23.9 Å². The van der Waals surface area contributed by atoms with Gasteiger partial charge in [0.25, 0.3) is 0 Å². The number of hydrogen-bond donors (Lipinski definition) is 1. The molecule has 2 atom stereocenters. The van der Waals surface area contributed by atoms with E-state index in [4.69, 9.17) is 18.5 Å². The Morgan fingerprint density at radius 3 is 0.966 bits per heavy atom. The zero-order valence-electron chi connectivity index (χ0n) is 59.2. The lowest BCUT2D eigenvalue weighted by Crippen LogP contribution is -2.37. The van der Waals surface area contributed by atoms with Crippen molar-refractivity contribution in [1.82, 2.24) is 0 Å². The number of carbonyl (C=O) groups excluding carboxylic acids is 2. The van der Waals surface area contributed by atoms with Gasteiger partial charge in [-0.15, -0.1) is 0 Å². The minimum absolute atomic E-state index is 0.0350. The van der Waals surface area contributed by atoms with Crippen molar-refractivity contribution in [3.63, 3.8) is 0 Å². The fourth-order valence-corrected chi connectivity index (χ4v) is 12.3. The lowest BCUT2D eigenvalue weighted by atomic mass is 10.0. The predicted octanol–water partition coefficient (Wildman–Crippen LogP) is 25.2. The molecule has 0 aliphatic heterocycles. The summed E-state index contributed by atoms with van der Waals surface area (Å²) in [5, 5.41) is 0. The lowest BCUT2D eigenvalue weighted by molar-refractivity contribution is -0.870. The maximum Gasteiger partial charge on any atom is 0.472 e. The smallest absolute Gasteiger partial charge is 0.462 e. The Kier molecular flexibility index (Phi) is 67.7. The van der Waals surface area contributed by atoms with Crippen LogP contribution in [-0.4, -0.2) is 74.9 Å². The van der Waals surface area contributed by atoms with Gasteiger partial charge < -0.3 is 18.9 Å². The van der Waals surface area contributed by atoms with Crippen LogP contribution in [0.25, 0.3) is 0 Å². The molecule has 0 fully saturated rings. The summed E-state index contributed by atoms with van der Waals surface area (Å²) in [4.78, 5) is 35.9. The van der Waals surface area contributed by atoms with Crippen molar-refractivity contribution in [3.8, 4) is 0 Å². The Hall–Kier alpha value is -2.03. The number of carbonyl (C=O) groups is 2. The van der Waals surface area contributed by atoms with Gasteiger partial charge in [0, 0.05) is 12.8 Å². The fourth-order valence-electron chi connectivity index (χ4n) is 11.5. The van der Waals surface area contributed by atoms with E-state index in [1.165, 1.54) is 295 Å². The van der Waals surface area contributed by atoms with E-state index in [1.54, 1.807) is 0 Å². The van der Waals surface area contributed by atoms with Crippen molar-refractivity contribution in [3.05, 3.63) is 48.6 Å². The van der Waals surface area contributed by atoms with E-state index in [0.717, 1.165) is 57.8 Å². The first-order valence-corrected chi connectivity index (χ1v) is 39.9. The maximum atomic E-state index is 12.9. The molecule has 518 valence electrons. The number of esters is 2. The third kappa shape index (κ3) is 73.0. The van der Waals surface area contributed by atoms with Gasteiger partial charge in [0.15, 0.2) is 6.10 Å². The summed E-state index contributed by atoms with van der Waals surface area (Å²) < 4.78 is 34.8. The molecular formula is C78H149NO8P+. The van der Waals surface area contributed by atoms with Gasteiger partial charge in [-0.05, 0) is 51.4 Å². The minimum Gasteiger partial charge on any atom is -0.462 e. The van der Waals surface area contributed by atoms with Crippen molar-refractivity contribution in [1.29, 1.82) is 0 Å². The Labute approximate surface area is 547 Å². The second-order valence-corrected chi connectivity index (χ2v) is 28.8. The van der Waals surface area contributed by atoms with Crippen LogP contribution in [0.4, 0.5) is 0 Å². The number of ether oxygens (including phenoxy) is 2. The maximum absolute atomic E-state index is 12.9. The molecule has 0 aromatic carbocycles.